The molecule has 0 saturated carbocycles. The normalized spacial score (nSPS) is 18.7. The molecule has 3 amide bonds. The lowest BCUT2D eigenvalue weighted by Gasteiger charge is -2.32. The van der Waals surface area contributed by atoms with Crippen LogP contribution in [0.5, 0.6) is 0 Å². The molecular formula is C20H32N2O3. The molecule has 0 aromatic rings. The van der Waals surface area contributed by atoms with Crippen LogP contribution in [0, 0.1) is 11.8 Å². The zero-order valence-electron chi connectivity index (χ0n) is 15.7. The van der Waals surface area contributed by atoms with Gasteiger partial charge in [0, 0.05) is 38.2 Å². The first-order valence-electron chi connectivity index (χ1n) is 9.78. The Kier molecular flexibility index (Phi) is 7.66. The second-order valence-corrected chi connectivity index (χ2v) is 7.77. The number of unbranched alkanes of at least 4 members (excludes halogenated alkanes) is 1. The third-order valence-corrected chi connectivity index (χ3v) is 5.28. The maximum absolute atomic E-state index is 12.3. The number of nitrogens with zero attached hydrogens (tertiary/aromatic N) is 2. The van der Waals surface area contributed by atoms with Gasteiger partial charge in [0.05, 0.1) is 0 Å². The second kappa shape index (κ2) is 9.73. The van der Waals surface area contributed by atoms with E-state index in [0.29, 0.717) is 19.4 Å². The SMILES string of the molecule is CC(C)CCCCC1CCN(C(=O)CCCN2C(=O)C=CC2=O)CC1. The molecule has 5 nitrogen and oxygen atoms in total. The van der Waals surface area contributed by atoms with Crippen molar-refractivity contribution in [3.05, 3.63) is 12.2 Å². The van der Waals surface area contributed by atoms with Crippen molar-refractivity contribution in [1.82, 2.24) is 9.80 Å². The van der Waals surface area contributed by atoms with Crippen LogP contribution in [-0.4, -0.2) is 47.2 Å². The number of carbonyl (C=O) groups is 3. The maximum atomic E-state index is 12.3. The molecule has 0 atom stereocenters. The molecule has 0 radical (unpaired) electrons. The molecule has 5 heteroatoms. The molecule has 2 rings (SSSR count). The van der Waals surface area contributed by atoms with Gasteiger partial charge in [0.2, 0.25) is 5.91 Å². The predicted molar refractivity (Wildman–Crippen MR) is 97.7 cm³/mol. The Bertz CT molecular complexity index is 487. The molecule has 0 unspecified atom stereocenters. The molecule has 2 aliphatic rings. The van der Waals surface area contributed by atoms with E-state index in [1.807, 2.05) is 4.90 Å². The minimum absolute atomic E-state index is 0.158. The van der Waals surface area contributed by atoms with Gasteiger partial charge in [0.25, 0.3) is 11.8 Å². The summed E-state index contributed by atoms with van der Waals surface area (Å²) in [6.07, 6.45) is 11.0. The van der Waals surface area contributed by atoms with Crippen LogP contribution in [0.25, 0.3) is 0 Å². The number of piperidine rings is 1. The topological polar surface area (TPSA) is 57.7 Å². The first-order chi connectivity index (χ1) is 12.0. The fourth-order valence-corrected chi connectivity index (χ4v) is 3.65. The van der Waals surface area contributed by atoms with Crippen molar-refractivity contribution in [2.24, 2.45) is 11.8 Å². The highest BCUT2D eigenvalue weighted by Gasteiger charge is 2.25. The Morgan fingerprint density at radius 2 is 1.72 bits per heavy atom. The zero-order chi connectivity index (χ0) is 18.2. The van der Waals surface area contributed by atoms with Crippen LogP contribution in [-0.2, 0) is 14.4 Å². The van der Waals surface area contributed by atoms with Crippen molar-refractivity contribution in [3.63, 3.8) is 0 Å². The average molecular weight is 348 g/mol. The van der Waals surface area contributed by atoms with Gasteiger partial charge in [0.15, 0.2) is 0 Å². The van der Waals surface area contributed by atoms with Crippen molar-refractivity contribution >= 4 is 17.7 Å². The van der Waals surface area contributed by atoms with Crippen LogP contribution in [0.15, 0.2) is 12.2 Å². The minimum Gasteiger partial charge on any atom is -0.343 e. The van der Waals surface area contributed by atoms with E-state index in [1.165, 1.54) is 42.7 Å². The van der Waals surface area contributed by atoms with Gasteiger partial charge >= 0.3 is 0 Å². The lowest BCUT2D eigenvalue weighted by Crippen LogP contribution is -2.39. The van der Waals surface area contributed by atoms with E-state index in [0.717, 1.165) is 37.8 Å². The monoisotopic (exact) mass is 348 g/mol. The van der Waals surface area contributed by atoms with Crippen LogP contribution >= 0.6 is 0 Å². The standard InChI is InChI=1S/C20H32N2O3/c1-16(2)6-3-4-7-17-11-14-21(15-12-17)18(23)8-5-13-22-19(24)9-10-20(22)25/h9-10,16-17H,3-8,11-15H2,1-2H3. The number of carbonyl (C=O) groups excluding carboxylic acids is 3. The number of hydrogen-bond acceptors (Lipinski definition) is 3. The van der Waals surface area contributed by atoms with E-state index < -0.39 is 0 Å². The van der Waals surface area contributed by atoms with E-state index in [2.05, 4.69) is 13.8 Å². The summed E-state index contributed by atoms with van der Waals surface area (Å²) in [7, 11) is 0. The molecule has 140 valence electrons. The Morgan fingerprint density at radius 1 is 1.08 bits per heavy atom. The molecular weight excluding hydrogens is 316 g/mol. The summed E-state index contributed by atoms with van der Waals surface area (Å²) in [6.45, 7) is 6.60. The maximum Gasteiger partial charge on any atom is 0.253 e. The van der Waals surface area contributed by atoms with Gasteiger partial charge in [-0.25, -0.2) is 0 Å². The Morgan fingerprint density at radius 3 is 2.32 bits per heavy atom. The van der Waals surface area contributed by atoms with E-state index in [9.17, 15) is 14.4 Å². The summed E-state index contributed by atoms with van der Waals surface area (Å²) >= 11 is 0. The first kappa shape index (κ1) is 19.7. The molecule has 0 aromatic carbocycles. The highest BCUT2D eigenvalue weighted by atomic mass is 16.2. The summed E-state index contributed by atoms with van der Waals surface area (Å²) in [5.74, 6) is 1.18. The number of imide groups is 1. The van der Waals surface area contributed by atoms with Gasteiger partial charge in [-0.2, -0.15) is 0 Å². The van der Waals surface area contributed by atoms with Gasteiger partial charge in [0.1, 0.15) is 0 Å². The van der Waals surface area contributed by atoms with Crippen molar-refractivity contribution in [2.75, 3.05) is 19.6 Å². The Hall–Kier alpha value is -1.65. The summed E-state index contributed by atoms with van der Waals surface area (Å²) in [6, 6.07) is 0. The molecule has 0 bridgehead atoms. The lowest BCUT2D eigenvalue weighted by molar-refractivity contribution is -0.138. The Labute approximate surface area is 151 Å². The Balaban J connectivity index is 1.58. The number of hydrogen-bond donors (Lipinski definition) is 0. The quantitative estimate of drug-likeness (QED) is 0.475. The van der Waals surface area contributed by atoms with E-state index in [1.54, 1.807) is 0 Å². The fraction of sp³-hybridized carbons (Fsp3) is 0.750. The summed E-state index contributed by atoms with van der Waals surface area (Å²) in [5, 5.41) is 0. The van der Waals surface area contributed by atoms with Crippen LogP contribution < -0.4 is 0 Å². The van der Waals surface area contributed by atoms with E-state index in [4.69, 9.17) is 0 Å². The van der Waals surface area contributed by atoms with Crippen molar-refractivity contribution in [3.8, 4) is 0 Å². The summed E-state index contributed by atoms with van der Waals surface area (Å²) in [5.41, 5.74) is 0. The molecule has 1 saturated heterocycles. The number of rotatable bonds is 9. The highest BCUT2D eigenvalue weighted by molar-refractivity contribution is 6.12. The first-order valence-corrected chi connectivity index (χ1v) is 9.78. The molecule has 0 N–H and O–H groups in total. The molecule has 0 aromatic heterocycles. The highest BCUT2D eigenvalue weighted by Crippen LogP contribution is 2.24. The second-order valence-electron chi connectivity index (χ2n) is 7.77. The van der Waals surface area contributed by atoms with Gasteiger partial charge in [-0.05, 0) is 31.1 Å². The van der Waals surface area contributed by atoms with E-state index in [-0.39, 0.29) is 17.7 Å². The lowest BCUT2D eigenvalue weighted by atomic mass is 9.90. The van der Waals surface area contributed by atoms with Crippen LogP contribution in [0.3, 0.4) is 0 Å². The smallest absolute Gasteiger partial charge is 0.253 e. The van der Waals surface area contributed by atoms with Crippen LogP contribution in [0.2, 0.25) is 0 Å². The third-order valence-electron chi connectivity index (χ3n) is 5.28. The van der Waals surface area contributed by atoms with Crippen molar-refractivity contribution in [2.45, 2.75) is 65.2 Å². The zero-order valence-corrected chi connectivity index (χ0v) is 15.7. The van der Waals surface area contributed by atoms with E-state index >= 15 is 0 Å². The van der Waals surface area contributed by atoms with Crippen LogP contribution in [0.4, 0.5) is 0 Å². The van der Waals surface area contributed by atoms with Crippen molar-refractivity contribution < 1.29 is 14.4 Å². The van der Waals surface area contributed by atoms with Gasteiger partial charge in [-0.15, -0.1) is 0 Å². The third kappa shape index (κ3) is 6.29. The largest absolute Gasteiger partial charge is 0.343 e. The molecule has 2 heterocycles. The van der Waals surface area contributed by atoms with Gasteiger partial charge < -0.3 is 4.90 Å². The van der Waals surface area contributed by atoms with Gasteiger partial charge in [-0.1, -0.05) is 39.5 Å². The average Bonchev–Trinajstić information content (AvgIpc) is 2.91. The van der Waals surface area contributed by atoms with Gasteiger partial charge in [-0.3, -0.25) is 19.3 Å². The summed E-state index contributed by atoms with van der Waals surface area (Å²) < 4.78 is 0. The predicted octanol–water partition coefficient (Wildman–Crippen LogP) is 3.15. The summed E-state index contributed by atoms with van der Waals surface area (Å²) in [4.78, 5) is 38.4. The fourth-order valence-electron chi connectivity index (χ4n) is 3.65. The molecule has 25 heavy (non-hydrogen) atoms. The van der Waals surface area contributed by atoms with Crippen molar-refractivity contribution in [1.29, 1.82) is 0 Å². The molecule has 0 aliphatic carbocycles. The molecule has 2 aliphatic heterocycles. The van der Waals surface area contributed by atoms with Crippen LogP contribution in [0.1, 0.15) is 65.2 Å². The minimum atomic E-state index is -0.268. The molecule has 0 spiro atoms. The number of amides is 3. The molecule has 1 fully saturated rings. The number of likely N-dealkylation sites (tertiary alicyclic amines) is 1.